The van der Waals surface area contributed by atoms with E-state index in [1.165, 1.54) is 4.88 Å². The molecule has 0 atom stereocenters. The summed E-state index contributed by atoms with van der Waals surface area (Å²) >= 11 is 1.69. The fourth-order valence-electron chi connectivity index (χ4n) is 1.74. The Morgan fingerprint density at radius 3 is 2.95 bits per heavy atom. The van der Waals surface area contributed by atoms with Crippen LogP contribution >= 0.6 is 11.3 Å². The number of aliphatic hydroxyl groups is 1. The van der Waals surface area contributed by atoms with Crippen LogP contribution in [0.4, 0.5) is 0 Å². The number of aliphatic hydroxyl groups excluding tert-OH is 1. The number of hydrogen-bond donors (Lipinski definition) is 2. The predicted molar refractivity (Wildman–Crippen MR) is 80.8 cm³/mol. The van der Waals surface area contributed by atoms with Crippen LogP contribution in [0.2, 0.25) is 0 Å². The molecular formula is C16H15NO2S. The highest BCUT2D eigenvalue weighted by Gasteiger charge is 2.05. The lowest BCUT2D eigenvalue weighted by atomic mass is 10.1. The van der Waals surface area contributed by atoms with Gasteiger partial charge in [0.25, 0.3) is 5.91 Å². The minimum absolute atomic E-state index is 0.103. The maximum Gasteiger partial charge on any atom is 0.251 e. The minimum Gasteiger partial charge on any atom is -0.384 e. The van der Waals surface area contributed by atoms with Gasteiger partial charge in [0.05, 0.1) is 0 Å². The average molecular weight is 285 g/mol. The average Bonchev–Trinajstić information content (AvgIpc) is 2.98. The molecule has 3 nitrogen and oxygen atoms in total. The summed E-state index contributed by atoms with van der Waals surface area (Å²) in [5.74, 6) is 5.25. The monoisotopic (exact) mass is 285 g/mol. The van der Waals surface area contributed by atoms with Crippen molar-refractivity contribution in [3.8, 4) is 11.8 Å². The Bertz CT molecular complexity index is 623. The van der Waals surface area contributed by atoms with E-state index in [0.717, 1.165) is 12.0 Å². The first kappa shape index (κ1) is 14.3. The molecule has 1 aromatic heterocycles. The molecule has 1 heterocycles. The van der Waals surface area contributed by atoms with Gasteiger partial charge < -0.3 is 10.4 Å². The summed E-state index contributed by atoms with van der Waals surface area (Å²) in [6.07, 6.45) is 0.841. The van der Waals surface area contributed by atoms with Crippen LogP contribution in [-0.2, 0) is 6.42 Å². The predicted octanol–water partition coefficient (Wildman–Crippen LogP) is 2.06. The summed E-state index contributed by atoms with van der Waals surface area (Å²) in [5.41, 5.74) is 1.31. The molecule has 102 valence electrons. The van der Waals surface area contributed by atoms with Gasteiger partial charge >= 0.3 is 0 Å². The van der Waals surface area contributed by atoms with Gasteiger partial charge in [-0.25, -0.2) is 0 Å². The summed E-state index contributed by atoms with van der Waals surface area (Å²) in [7, 11) is 0. The zero-order valence-corrected chi connectivity index (χ0v) is 11.7. The van der Waals surface area contributed by atoms with Gasteiger partial charge in [-0.15, -0.1) is 11.3 Å². The van der Waals surface area contributed by atoms with Crippen LogP contribution in [0.3, 0.4) is 0 Å². The number of carbonyl (C=O) groups is 1. The number of thiophene rings is 1. The second kappa shape index (κ2) is 7.49. The first-order chi connectivity index (χ1) is 9.79. The van der Waals surface area contributed by atoms with Crippen molar-refractivity contribution in [1.29, 1.82) is 0 Å². The van der Waals surface area contributed by atoms with Crippen LogP contribution in [0.5, 0.6) is 0 Å². The van der Waals surface area contributed by atoms with E-state index in [1.54, 1.807) is 29.5 Å². The Kier molecular flexibility index (Phi) is 5.36. The highest BCUT2D eigenvalue weighted by atomic mass is 32.1. The lowest BCUT2D eigenvalue weighted by molar-refractivity contribution is 0.0954. The summed E-state index contributed by atoms with van der Waals surface area (Å²) < 4.78 is 0. The molecule has 0 unspecified atom stereocenters. The van der Waals surface area contributed by atoms with Crippen molar-refractivity contribution >= 4 is 17.2 Å². The SMILES string of the molecule is O=C(NCCc1cccs1)c1cccc(C#CCO)c1. The van der Waals surface area contributed by atoms with E-state index in [1.807, 2.05) is 17.5 Å². The van der Waals surface area contributed by atoms with Crippen molar-refractivity contribution < 1.29 is 9.90 Å². The van der Waals surface area contributed by atoms with Crippen LogP contribution in [0.15, 0.2) is 41.8 Å². The smallest absolute Gasteiger partial charge is 0.251 e. The van der Waals surface area contributed by atoms with Crippen LogP contribution in [0.1, 0.15) is 20.8 Å². The van der Waals surface area contributed by atoms with E-state index in [2.05, 4.69) is 23.2 Å². The van der Waals surface area contributed by atoms with Crippen LogP contribution in [0, 0.1) is 11.8 Å². The standard InChI is InChI=1S/C16H15NO2S/c18-10-2-5-13-4-1-6-14(12-13)16(19)17-9-8-15-7-3-11-20-15/h1,3-4,6-7,11-12,18H,8-10H2,(H,17,19). The maximum atomic E-state index is 12.0. The molecular weight excluding hydrogens is 270 g/mol. The van der Waals surface area contributed by atoms with Crippen molar-refractivity contribution in [2.24, 2.45) is 0 Å². The highest BCUT2D eigenvalue weighted by molar-refractivity contribution is 7.09. The Morgan fingerprint density at radius 1 is 1.30 bits per heavy atom. The molecule has 4 heteroatoms. The van der Waals surface area contributed by atoms with E-state index in [4.69, 9.17) is 5.11 Å². The van der Waals surface area contributed by atoms with E-state index in [-0.39, 0.29) is 12.5 Å². The number of nitrogens with one attached hydrogen (secondary N) is 1. The van der Waals surface area contributed by atoms with Crippen molar-refractivity contribution in [2.75, 3.05) is 13.2 Å². The quantitative estimate of drug-likeness (QED) is 0.845. The molecule has 0 saturated heterocycles. The molecule has 1 aromatic carbocycles. The van der Waals surface area contributed by atoms with Gasteiger partial charge in [-0.05, 0) is 36.1 Å². The molecule has 0 aliphatic carbocycles. The van der Waals surface area contributed by atoms with Crippen molar-refractivity contribution in [2.45, 2.75) is 6.42 Å². The van der Waals surface area contributed by atoms with Gasteiger partial charge in [0.1, 0.15) is 6.61 Å². The zero-order chi connectivity index (χ0) is 14.2. The lowest BCUT2D eigenvalue weighted by Gasteiger charge is -2.04. The van der Waals surface area contributed by atoms with Gasteiger partial charge in [0.2, 0.25) is 0 Å². The second-order valence-corrected chi connectivity index (χ2v) is 5.16. The lowest BCUT2D eigenvalue weighted by Crippen LogP contribution is -2.25. The highest BCUT2D eigenvalue weighted by Crippen LogP contribution is 2.08. The second-order valence-electron chi connectivity index (χ2n) is 4.13. The number of hydrogen-bond acceptors (Lipinski definition) is 3. The summed E-state index contributed by atoms with van der Waals surface area (Å²) in [4.78, 5) is 13.3. The first-order valence-corrected chi connectivity index (χ1v) is 7.18. The molecule has 0 bridgehead atoms. The molecule has 20 heavy (non-hydrogen) atoms. The molecule has 2 aromatic rings. The molecule has 0 radical (unpaired) electrons. The molecule has 1 amide bonds. The third-order valence-electron chi connectivity index (χ3n) is 2.67. The Labute approximate surface area is 122 Å². The van der Waals surface area contributed by atoms with Crippen LogP contribution < -0.4 is 5.32 Å². The maximum absolute atomic E-state index is 12.0. The molecule has 0 fully saturated rings. The summed E-state index contributed by atoms with van der Waals surface area (Å²) in [6.45, 7) is 0.434. The van der Waals surface area contributed by atoms with Crippen molar-refractivity contribution in [3.05, 3.63) is 57.8 Å². The van der Waals surface area contributed by atoms with E-state index in [9.17, 15) is 4.79 Å². The Balaban J connectivity index is 1.91. The fraction of sp³-hybridized carbons (Fsp3) is 0.188. The molecule has 2 N–H and O–H groups in total. The Morgan fingerprint density at radius 2 is 2.20 bits per heavy atom. The number of amides is 1. The van der Waals surface area contributed by atoms with Gasteiger partial charge in [0.15, 0.2) is 0 Å². The third kappa shape index (κ3) is 4.23. The van der Waals surface area contributed by atoms with Gasteiger partial charge in [0, 0.05) is 22.5 Å². The largest absolute Gasteiger partial charge is 0.384 e. The van der Waals surface area contributed by atoms with Gasteiger partial charge in [-0.3, -0.25) is 4.79 Å². The normalized spacial score (nSPS) is 9.65. The number of carbonyl (C=O) groups excluding carboxylic acids is 1. The topological polar surface area (TPSA) is 49.3 Å². The van der Waals surface area contributed by atoms with Crippen LogP contribution in [-0.4, -0.2) is 24.2 Å². The zero-order valence-electron chi connectivity index (χ0n) is 10.9. The van der Waals surface area contributed by atoms with Crippen molar-refractivity contribution in [3.63, 3.8) is 0 Å². The molecule has 0 aliphatic rings. The number of benzene rings is 1. The fourth-order valence-corrected chi connectivity index (χ4v) is 2.44. The summed E-state index contributed by atoms with van der Waals surface area (Å²) in [5, 5.41) is 13.6. The molecule has 2 rings (SSSR count). The van der Waals surface area contributed by atoms with E-state index >= 15 is 0 Å². The first-order valence-electron chi connectivity index (χ1n) is 6.30. The molecule has 0 spiro atoms. The van der Waals surface area contributed by atoms with Gasteiger partial charge in [-0.2, -0.15) is 0 Å². The van der Waals surface area contributed by atoms with Crippen molar-refractivity contribution in [1.82, 2.24) is 5.32 Å². The Hall–Kier alpha value is -2.09. The molecule has 0 aliphatic heterocycles. The summed E-state index contributed by atoms with van der Waals surface area (Å²) in [6, 6.07) is 11.1. The minimum atomic E-state index is -0.183. The van der Waals surface area contributed by atoms with Crippen LogP contribution in [0.25, 0.3) is 0 Å². The number of rotatable bonds is 4. The van der Waals surface area contributed by atoms with Gasteiger partial charge in [-0.1, -0.05) is 24.0 Å². The van der Waals surface area contributed by atoms with E-state index < -0.39 is 0 Å². The third-order valence-corrected chi connectivity index (χ3v) is 3.61. The van der Waals surface area contributed by atoms with E-state index in [0.29, 0.717) is 12.1 Å². The molecule has 0 saturated carbocycles.